The molecule has 2 aromatic carbocycles. The van der Waals surface area contributed by atoms with Gasteiger partial charge in [-0.1, -0.05) is 0 Å². The summed E-state index contributed by atoms with van der Waals surface area (Å²) < 4.78 is 41.5. The van der Waals surface area contributed by atoms with Crippen LogP contribution in [0.4, 0.5) is 14.5 Å². The number of anilines is 1. The molecule has 0 aliphatic rings. The lowest BCUT2D eigenvalue weighted by Gasteiger charge is -2.15. The van der Waals surface area contributed by atoms with E-state index in [1.165, 1.54) is 27.2 Å². The third-order valence-corrected chi connectivity index (χ3v) is 3.40. The quantitative estimate of drug-likeness (QED) is 0.796. The fourth-order valence-electron chi connectivity index (χ4n) is 2.11. The number of methoxy groups -OCH3 is 2. The van der Waals surface area contributed by atoms with Crippen LogP contribution in [-0.4, -0.2) is 32.2 Å². The van der Waals surface area contributed by atoms with Gasteiger partial charge in [0.1, 0.15) is 11.6 Å². The van der Waals surface area contributed by atoms with Crippen LogP contribution in [0.1, 0.15) is 17.3 Å². The predicted molar refractivity (Wildman–Crippen MR) is 89.4 cm³/mol. The van der Waals surface area contributed by atoms with Gasteiger partial charge < -0.3 is 19.5 Å². The highest BCUT2D eigenvalue weighted by Gasteiger charge is 2.20. The van der Waals surface area contributed by atoms with Gasteiger partial charge in [0.2, 0.25) is 0 Å². The largest absolute Gasteiger partial charge is 0.493 e. The second kappa shape index (κ2) is 8.28. The summed E-state index contributed by atoms with van der Waals surface area (Å²) in [4.78, 5) is 24.1. The normalized spacial score (nSPS) is 11.4. The molecule has 0 saturated carbocycles. The van der Waals surface area contributed by atoms with Gasteiger partial charge in [0.25, 0.3) is 5.91 Å². The topological polar surface area (TPSA) is 73.9 Å². The summed E-state index contributed by atoms with van der Waals surface area (Å²) in [6, 6.07) is 6.99. The Balaban J connectivity index is 2.04. The lowest BCUT2D eigenvalue weighted by atomic mass is 10.2. The van der Waals surface area contributed by atoms with E-state index < -0.39 is 29.6 Å². The van der Waals surface area contributed by atoms with E-state index in [0.717, 1.165) is 12.1 Å². The maximum absolute atomic E-state index is 13.2. The van der Waals surface area contributed by atoms with Crippen LogP contribution in [0.5, 0.6) is 11.5 Å². The Labute approximate surface area is 148 Å². The molecule has 0 radical (unpaired) electrons. The Morgan fingerprint density at radius 2 is 1.58 bits per heavy atom. The first-order chi connectivity index (χ1) is 12.3. The molecule has 8 heteroatoms. The van der Waals surface area contributed by atoms with Crippen LogP contribution in [0, 0.1) is 11.6 Å². The zero-order chi connectivity index (χ0) is 19.3. The van der Waals surface area contributed by atoms with E-state index in [2.05, 4.69) is 5.32 Å². The van der Waals surface area contributed by atoms with E-state index >= 15 is 0 Å². The Morgan fingerprint density at radius 3 is 2.15 bits per heavy atom. The van der Waals surface area contributed by atoms with Crippen molar-refractivity contribution in [3.8, 4) is 11.5 Å². The Hall–Kier alpha value is -3.16. The molecule has 0 unspecified atom stereocenters. The van der Waals surface area contributed by atoms with Crippen molar-refractivity contribution in [3.63, 3.8) is 0 Å². The molecule has 138 valence electrons. The van der Waals surface area contributed by atoms with Crippen molar-refractivity contribution in [1.82, 2.24) is 0 Å². The number of carbonyl (C=O) groups is 2. The smallest absolute Gasteiger partial charge is 0.339 e. The van der Waals surface area contributed by atoms with Gasteiger partial charge in [-0.05, 0) is 31.2 Å². The molecule has 6 nitrogen and oxygen atoms in total. The van der Waals surface area contributed by atoms with Crippen LogP contribution < -0.4 is 14.8 Å². The van der Waals surface area contributed by atoms with E-state index in [-0.39, 0.29) is 5.56 Å². The van der Waals surface area contributed by atoms with E-state index in [1.807, 2.05) is 0 Å². The molecule has 0 fully saturated rings. The standard InChI is InChI=1S/C18H17F2NO5/c1-10(26-18(23)11-6-12(19)8-13(20)7-11)17(22)21-14-4-5-15(24-2)16(9-14)25-3/h4-10H,1-3H3,(H,21,22)/t10-/m1/s1. The molecule has 0 heterocycles. The molecule has 2 rings (SSSR count). The van der Waals surface area contributed by atoms with Gasteiger partial charge in [-0.25, -0.2) is 13.6 Å². The van der Waals surface area contributed by atoms with Gasteiger partial charge in [-0.2, -0.15) is 0 Å². The number of hydrogen-bond acceptors (Lipinski definition) is 5. The fourth-order valence-corrected chi connectivity index (χ4v) is 2.11. The highest BCUT2D eigenvalue weighted by Crippen LogP contribution is 2.29. The third-order valence-electron chi connectivity index (χ3n) is 3.40. The average molecular weight is 365 g/mol. The van der Waals surface area contributed by atoms with Gasteiger partial charge >= 0.3 is 5.97 Å². The van der Waals surface area contributed by atoms with Crippen LogP contribution >= 0.6 is 0 Å². The maximum Gasteiger partial charge on any atom is 0.339 e. The number of rotatable bonds is 6. The molecule has 0 saturated heterocycles. The molecular weight excluding hydrogens is 348 g/mol. The first-order valence-electron chi connectivity index (χ1n) is 7.54. The van der Waals surface area contributed by atoms with Crippen molar-refractivity contribution in [3.05, 3.63) is 53.6 Å². The third kappa shape index (κ3) is 4.69. The molecule has 0 bridgehead atoms. The van der Waals surface area contributed by atoms with E-state index in [1.54, 1.807) is 12.1 Å². The van der Waals surface area contributed by atoms with E-state index in [4.69, 9.17) is 14.2 Å². The zero-order valence-corrected chi connectivity index (χ0v) is 14.3. The van der Waals surface area contributed by atoms with Crippen LogP contribution in [0.25, 0.3) is 0 Å². The molecule has 0 aromatic heterocycles. The molecule has 1 atom stereocenters. The van der Waals surface area contributed by atoms with Gasteiger partial charge in [0.05, 0.1) is 19.8 Å². The van der Waals surface area contributed by atoms with Crippen molar-refractivity contribution in [2.24, 2.45) is 0 Å². The number of carbonyl (C=O) groups excluding carboxylic acids is 2. The van der Waals surface area contributed by atoms with Gasteiger partial charge in [0.15, 0.2) is 17.6 Å². The Kier molecular flexibility index (Phi) is 6.11. The fraction of sp³-hybridized carbons (Fsp3) is 0.222. The van der Waals surface area contributed by atoms with Crippen molar-refractivity contribution >= 4 is 17.6 Å². The second-order valence-corrected chi connectivity index (χ2v) is 5.26. The molecule has 0 spiro atoms. The molecule has 2 aromatic rings. The summed E-state index contributed by atoms with van der Waals surface area (Å²) in [5.74, 6) is -2.58. The molecule has 0 aliphatic heterocycles. The zero-order valence-electron chi connectivity index (χ0n) is 14.3. The number of nitrogens with one attached hydrogen (secondary N) is 1. The van der Waals surface area contributed by atoms with Crippen LogP contribution in [0.15, 0.2) is 36.4 Å². The summed E-state index contributed by atoms with van der Waals surface area (Å²) in [5, 5.41) is 2.55. The number of ether oxygens (including phenoxy) is 3. The Bertz CT molecular complexity index is 805. The number of esters is 1. The molecule has 0 aliphatic carbocycles. The highest BCUT2D eigenvalue weighted by atomic mass is 19.1. The van der Waals surface area contributed by atoms with Crippen LogP contribution in [0.3, 0.4) is 0 Å². The Morgan fingerprint density at radius 1 is 0.962 bits per heavy atom. The molecular formula is C18H17F2NO5. The predicted octanol–water partition coefficient (Wildman–Crippen LogP) is 3.17. The second-order valence-electron chi connectivity index (χ2n) is 5.26. The first-order valence-corrected chi connectivity index (χ1v) is 7.54. The summed E-state index contributed by atoms with van der Waals surface area (Å²) in [6.07, 6.45) is -1.19. The van der Waals surface area contributed by atoms with Crippen LogP contribution in [-0.2, 0) is 9.53 Å². The molecule has 1 amide bonds. The number of hydrogen-bond donors (Lipinski definition) is 1. The van der Waals surface area contributed by atoms with Gasteiger partial charge in [-0.3, -0.25) is 4.79 Å². The lowest BCUT2D eigenvalue weighted by molar-refractivity contribution is -0.123. The van der Waals surface area contributed by atoms with Crippen molar-refractivity contribution in [2.75, 3.05) is 19.5 Å². The van der Waals surface area contributed by atoms with Crippen molar-refractivity contribution in [2.45, 2.75) is 13.0 Å². The summed E-state index contributed by atoms with van der Waals surface area (Å²) in [7, 11) is 2.93. The highest BCUT2D eigenvalue weighted by molar-refractivity contribution is 5.97. The minimum Gasteiger partial charge on any atom is -0.493 e. The van der Waals surface area contributed by atoms with Gasteiger partial charge in [0, 0.05) is 17.8 Å². The summed E-state index contributed by atoms with van der Waals surface area (Å²) >= 11 is 0. The monoisotopic (exact) mass is 365 g/mol. The van der Waals surface area contributed by atoms with Crippen molar-refractivity contribution < 1.29 is 32.6 Å². The number of benzene rings is 2. The minimum atomic E-state index is -1.19. The van der Waals surface area contributed by atoms with Crippen LogP contribution in [0.2, 0.25) is 0 Å². The van der Waals surface area contributed by atoms with Gasteiger partial charge in [-0.15, -0.1) is 0 Å². The number of amides is 1. The lowest BCUT2D eigenvalue weighted by Crippen LogP contribution is -2.30. The summed E-state index contributed by atoms with van der Waals surface area (Å²) in [5.41, 5.74) is 0.0700. The SMILES string of the molecule is COc1ccc(NC(=O)[C@@H](C)OC(=O)c2cc(F)cc(F)c2)cc1OC. The van der Waals surface area contributed by atoms with E-state index in [9.17, 15) is 18.4 Å². The minimum absolute atomic E-state index is 0.326. The molecule has 1 N–H and O–H groups in total. The van der Waals surface area contributed by atoms with E-state index in [0.29, 0.717) is 23.3 Å². The molecule has 26 heavy (non-hydrogen) atoms. The summed E-state index contributed by atoms with van der Waals surface area (Å²) in [6.45, 7) is 1.34. The first kappa shape index (κ1) is 19.2. The average Bonchev–Trinajstić information content (AvgIpc) is 2.60. The number of halogens is 2. The van der Waals surface area contributed by atoms with Crippen molar-refractivity contribution in [1.29, 1.82) is 0 Å². The maximum atomic E-state index is 13.2.